The van der Waals surface area contributed by atoms with Crippen molar-refractivity contribution in [3.8, 4) is 0 Å². The van der Waals surface area contributed by atoms with Gasteiger partial charge in [0.25, 0.3) is 0 Å². The minimum atomic E-state index is -3.57. The van der Waals surface area contributed by atoms with Crippen LogP contribution in [-0.2, 0) is 32.6 Å². The maximum atomic E-state index is 13.2. The predicted octanol–water partition coefficient (Wildman–Crippen LogP) is 3.24. The van der Waals surface area contributed by atoms with Crippen LogP contribution in [0.1, 0.15) is 49.7 Å². The van der Waals surface area contributed by atoms with Gasteiger partial charge in [-0.05, 0) is 55.0 Å². The van der Waals surface area contributed by atoms with Gasteiger partial charge in [-0.25, -0.2) is 8.42 Å². The summed E-state index contributed by atoms with van der Waals surface area (Å²) < 4.78 is 28.1. The van der Waals surface area contributed by atoms with Gasteiger partial charge in [-0.15, -0.1) is 0 Å². The fourth-order valence-corrected chi connectivity index (χ4v) is 6.05. The third-order valence-electron chi connectivity index (χ3n) is 6.32. The molecule has 0 bridgehead atoms. The number of amides is 2. The van der Waals surface area contributed by atoms with E-state index in [-0.39, 0.29) is 23.3 Å². The lowest BCUT2D eigenvalue weighted by atomic mass is 10.1. The van der Waals surface area contributed by atoms with Crippen LogP contribution in [0.2, 0.25) is 0 Å². The number of carbonyl (C=O) groups excluding carboxylic acids is 2. The topological polar surface area (TPSA) is 86.8 Å². The van der Waals surface area contributed by atoms with E-state index in [2.05, 4.69) is 5.32 Å². The van der Waals surface area contributed by atoms with Gasteiger partial charge in [0, 0.05) is 31.7 Å². The summed E-state index contributed by atoms with van der Waals surface area (Å²) in [5, 5.41) is 2.87. The molecule has 2 aromatic rings. The first kappa shape index (κ1) is 23.4. The molecule has 1 fully saturated rings. The molecule has 2 aliphatic rings. The second-order valence-electron chi connectivity index (χ2n) is 8.70. The quantitative estimate of drug-likeness (QED) is 0.704. The third-order valence-corrected chi connectivity index (χ3v) is 8.21. The van der Waals surface area contributed by atoms with Crippen molar-refractivity contribution in [1.82, 2.24) is 9.62 Å². The van der Waals surface area contributed by atoms with Crippen LogP contribution in [0.15, 0.2) is 53.4 Å². The standard InChI is InChI=1S/C25H31N3O4S/c29-24(26-18-20-9-4-3-5-10-20)19-28-23-14-13-22(17-21(23)11-8-12-25(28)30)33(31,32)27-15-6-1-2-7-16-27/h3-5,9-10,13-14,17H,1-2,6-8,11-12,15-16,18-19H2,(H,26,29). The summed E-state index contributed by atoms with van der Waals surface area (Å²) in [6.07, 6.45) is 5.43. The van der Waals surface area contributed by atoms with Crippen LogP contribution in [0.25, 0.3) is 0 Å². The summed E-state index contributed by atoms with van der Waals surface area (Å²) in [7, 11) is -3.57. The first-order valence-electron chi connectivity index (χ1n) is 11.7. The van der Waals surface area contributed by atoms with E-state index in [4.69, 9.17) is 0 Å². The molecule has 0 radical (unpaired) electrons. The van der Waals surface area contributed by atoms with Gasteiger partial charge in [-0.1, -0.05) is 43.2 Å². The molecule has 0 aliphatic carbocycles. The third kappa shape index (κ3) is 5.62. The molecule has 33 heavy (non-hydrogen) atoms. The normalized spacial score (nSPS) is 17.7. The number of aryl methyl sites for hydroxylation is 1. The van der Waals surface area contributed by atoms with Crippen LogP contribution in [0.4, 0.5) is 5.69 Å². The number of fused-ring (bicyclic) bond motifs is 1. The molecule has 176 valence electrons. The summed E-state index contributed by atoms with van der Waals surface area (Å²) in [5.74, 6) is -0.368. The highest BCUT2D eigenvalue weighted by Gasteiger charge is 2.29. The van der Waals surface area contributed by atoms with Gasteiger partial charge >= 0.3 is 0 Å². The first-order valence-corrected chi connectivity index (χ1v) is 13.1. The predicted molar refractivity (Wildman–Crippen MR) is 127 cm³/mol. The number of nitrogens with zero attached hydrogens (tertiary/aromatic N) is 2. The SMILES string of the molecule is O=C(CN1C(=O)CCCc2cc(S(=O)(=O)N3CCCCCC3)ccc21)NCc1ccccc1. The summed E-state index contributed by atoms with van der Waals surface area (Å²) >= 11 is 0. The molecule has 8 heteroatoms. The highest BCUT2D eigenvalue weighted by molar-refractivity contribution is 7.89. The summed E-state index contributed by atoms with van der Waals surface area (Å²) in [6.45, 7) is 1.40. The largest absolute Gasteiger partial charge is 0.350 e. The van der Waals surface area contributed by atoms with Crippen LogP contribution < -0.4 is 10.2 Å². The number of carbonyl (C=O) groups is 2. The molecule has 0 spiro atoms. The molecule has 7 nitrogen and oxygen atoms in total. The fraction of sp³-hybridized carbons (Fsp3) is 0.440. The molecular formula is C25H31N3O4S. The zero-order valence-corrected chi connectivity index (χ0v) is 19.6. The number of hydrogen-bond acceptors (Lipinski definition) is 4. The molecule has 2 heterocycles. The Hall–Kier alpha value is -2.71. The summed E-state index contributed by atoms with van der Waals surface area (Å²) in [5.41, 5.74) is 2.41. The van der Waals surface area contributed by atoms with E-state index in [1.165, 1.54) is 4.90 Å². The van der Waals surface area contributed by atoms with E-state index in [0.717, 1.165) is 36.8 Å². The van der Waals surface area contributed by atoms with Gasteiger partial charge in [0.05, 0.1) is 4.90 Å². The Morgan fingerprint density at radius 2 is 1.64 bits per heavy atom. The highest BCUT2D eigenvalue weighted by Crippen LogP contribution is 2.31. The first-order chi connectivity index (χ1) is 15.9. The summed E-state index contributed by atoms with van der Waals surface area (Å²) in [6, 6.07) is 14.6. The van der Waals surface area contributed by atoms with Gasteiger partial charge < -0.3 is 10.2 Å². The number of rotatable bonds is 6. The van der Waals surface area contributed by atoms with Crippen molar-refractivity contribution in [3.63, 3.8) is 0 Å². The van der Waals surface area contributed by atoms with Crippen LogP contribution >= 0.6 is 0 Å². The average molecular weight is 470 g/mol. The van der Waals surface area contributed by atoms with Crippen molar-refractivity contribution in [1.29, 1.82) is 0 Å². The van der Waals surface area contributed by atoms with Crippen molar-refractivity contribution in [2.24, 2.45) is 0 Å². The zero-order chi connectivity index (χ0) is 23.3. The van der Waals surface area contributed by atoms with Gasteiger partial charge in [0.1, 0.15) is 6.54 Å². The van der Waals surface area contributed by atoms with E-state index in [1.807, 2.05) is 30.3 Å². The molecule has 2 aliphatic heterocycles. The lowest BCUT2D eigenvalue weighted by Gasteiger charge is -2.24. The minimum absolute atomic E-state index is 0.0864. The number of nitrogens with one attached hydrogen (secondary N) is 1. The fourth-order valence-electron chi connectivity index (χ4n) is 4.49. The average Bonchev–Trinajstić information content (AvgIpc) is 3.19. The Morgan fingerprint density at radius 3 is 2.36 bits per heavy atom. The van der Waals surface area contributed by atoms with Gasteiger partial charge in [-0.2, -0.15) is 4.31 Å². The Balaban J connectivity index is 1.52. The lowest BCUT2D eigenvalue weighted by molar-refractivity contribution is -0.123. The number of benzene rings is 2. The Bertz CT molecular complexity index is 1090. The monoisotopic (exact) mass is 469 g/mol. The molecule has 2 aromatic carbocycles. The highest BCUT2D eigenvalue weighted by atomic mass is 32.2. The van der Waals surface area contributed by atoms with Gasteiger partial charge in [-0.3, -0.25) is 9.59 Å². The Kier molecular flexibility index (Phi) is 7.45. The van der Waals surface area contributed by atoms with Gasteiger partial charge in [0.2, 0.25) is 21.8 Å². The molecule has 2 amide bonds. The van der Waals surface area contributed by atoms with E-state index < -0.39 is 10.0 Å². The van der Waals surface area contributed by atoms with Crippen LogP contribution in [0.5, 0.6) is 0 Å². The minimum Gasteiger partial charge on any atom is -0.350 e. The Labute approximate surface area is 195 Å². The molecule has 0 atom stereocenters. The van der Waals surface area contributed by atoms with E-state index in [0.29, 0.717) is 44.6 Å². The second-order valence-corrected chi connectivity index (χ2v) is 10.6. The van der Waals surface area contributed by atoms with Crippen molar-refractivity contribution in [2.45, 2.75) is 56.4 Å². The zero-order valence-electron chi connectivity index (χ0n) is 18.8. The van der Waals surface area contributed by atoms with Crippen LogP contribution in [-0.4, -0.2) is 44.2 Å². The van der Waals surface area contributed by atoms with Crippen molar-refractivity contribution < 1.29 is 18.0 Å². The molecule has 1 N–H and O–H groups in total. The molecule has 0 saturated carbocycles. The van der Waals surface area contributed by atoms with Crippen molar-refractivity contribution >= 4 is 27.5 Å². The smallest absolute Gasteiger partial charge is 0.243 e. The number of anilines is 1. The summed E-state index contributed by atoms with van der Waals surface area (Å²) in [4.78, 5) is 27.1. The van der Waals surface area contributed by atoms with E-state index in [9.17, 15) is 18.0 Å². The number of sulfonamides is 1. The van der Waals surface area contributed by atoms with E-state index >= 15 is 0 Å². The van der Waals surface area contributed by atoms with Gasteiger partial charge in [0.15, 0.2) is 0 Å². The lowest BCUT2D eigenvalue weighted by Crippen LogP contribution is -2.40. The molecule has 1 saturated heterocycles. The van der Waals surface area contributed by atoms with Crippen LogP contribution in [0.3, 0.4) is 0 Å². The maximum Gasteiger partial charge on any atom is 0.243 e. The molecule has 4 rings (SSSR count). The Morgan fingerprint density at radius 1 is 0.909 bits per heavy atom. The molecule has 0 unspecified atom stereocenters. The van der Waals surface area contributed by atoms with Crippen LogP contribution in [0, 0.1) is 0 Å². The van der Waals surface area contributed by atoms with Crippen molar-refractivity contribution in [2.75, 3.05) is 24.5 Å². The second kappa shape index (κ2) is 10.5. The number of hydrogen-bond donors (Lipinski definition) is 1. The van der Waals surface area contributed by atoms with E-state index in [1.54, 1.807) is 22.5 Å². The molecule has 0 aromatic heterocycles. The maximum absolute atomic E-state index is 13.2. The van der Waals surface area contributed by atoms with Crippen molar-refractivity contribution in [3.05, 3.63) is 59.7 Å². The molecular weight excluding hydrogens is 438 g/mol.